The van der Waals surface area contributed by atoms with Gasteiger partial charge in [-0.3, -0.25) is 15.1 Å². The third-order valence-electron chi connectivity index (χ3n) is 2.76. The first kappa shape index (κ1) is 14.1. The molecule has 0 saturated carbocycles. The Morgan fingerprint density at radius 1 is 1.45 bits per heavy atom. The summed E-state index contributed by atoms with van der Waals surface area (Å²) in [5.74, 6) is 0.100. The number of nitrogens with zero attached hydrogens (tertiary/aromatic N) is 2. The summed E-state index contributed by atoms with van der Waals surface area (Å²) in [6.45, 7) is 2.19. The Morgan fingerprint density at radius 2 is 2.20 bits per heavy atom. The molecule has 0 aliphatic heterocycles. The molecule has 104 valence electrons. The molecule has 2 rings (SSSR count). The standard InChI is InChI=1S/C13H12ClN3O3/c1-8-4-13(17(19)20)11(14)5-12(8)16-6-9-2-3-10(18)7-15-9/h2-5,7,16,18H,6H2,1H3. The summed E-state index contributed by atoms with van der Waals surface area (Å²) in [6.07, 6.45) is 1.35. The predicted octanol–water partition coefficient (Wildman–Crippen LogP) is 3.27. The molecule has 1 aromatic heterocycles. The number of aromatic nitrogens is 1. The van der Waals surface area contributed by atoms with Crippen molar-refractivity contribution in [1.29, 1.82) is 0 Å². The zero-order chi connectivity index (χ0) is 14.7. The minimum atomic E-state index is -0.513. The monoisotopic (exact) mass is 293 g/mol. The van der Waals surface area contributed by atoms with Crippen LogP contribution in [0.25, 0.3) is 0 Å². The lowest BCUT2D eigenvalue weighted by Gasteiger charge is -2.10. The van der Waals surface area contributed by atoms with Crippen molar-refractivity contribution in [3.8, 4) is 5.75 Å². The second-order valence-electron chi connectivity index (χ2n) is 4.24. The van der Waals surface area contributed by atoms with Crippen molar-refractivity contribution in [2.24, 2.45) is 0 Å². The van der Waals surface area contributed by atoms with Crippen molar-refractivity contribution in [1.82, 2.24) is 4.98 Å². The predicted molar refractivity (Wildman–Crippen MR) is 76.1 cm³/mol. The molecule has 0 atom stereocenters. The summed E-state index contributed by atoms with van der Waals surface area (Å²) in [6, 6.07) is 6.18. The van der Waals surface area contributed by atoms with E-state index < -0.39 is 4.92 Å². The molecular formula is C13H12ClN3O3. The lowest BCUT2D eigenvalue weighted by atomic mass is 10.1. The fourth-order valence-corrected chi connectivity index (χ4v) is 1.94. The Hall–Kier alpha value is -2.34. The van der Waals surface area contributed by atoms with Gasteiger partial charge < -0.3 is 10.4 Å². The van der Waals surface area contributed by atoms with Crippen LogP contribution in [0.4, 0.5) is 11.4 Å². The van der Waals surface area contributed by atoms with E-state index >= 15 is 0 Å². The summed E-state index contributed by atoms with van der Waals surface area (Å²) < 4.78 is 0. The van der Waals surface area contributed by atoms with E-state index in [-0.39, 0.29) is 16.5 Å². The molecule has 0 radical (unpaired) electrons. The minimum absolute atomic E-state index is 0.0850. The Kier molecular flexibility index (Phi) is 4.05. The molecule has 0 spiro atoms. The number of aryl methyl sites for hydroxylation is 1. The summed E-state index contributed by atoms with van der Waals surface area (Å²) in [5, 5.41) is 23.1. The van der Waals surface area contributed by atoms with Crippen LogP contribution in [0.3, 0.4) is 0 Å². The Bertz CT molecular complexity index is 644. The Morgan fingerprint density at radius 3 is 2.80 bits per heavy atom. The molecule has 0 fully saturated rings. The SMILES string of the molecule is Cc1cc([N+](=O)[O-])c(Cl)cc1NCc1ccc(O)cn1. The second-order valence-corrected chi connectivity index (χ2v) is 4.64. The van der Waals surface area contributed by atoms with Crippen molar-refractivity contribution in [3.05, 3.63) is 56.9 Å². The highest BCUT2D eigenvalue weighted by molar-refractivity contribution is 6.33. The molecule has 20 heavy (non-hydrogen) atoms. The number of nitro groups is 1. The first-order valence-corrected chi connectivity index (χ1v) is 6.17. The summed E-state index contributed by atoms with van der Waals surface area (Å²) >= 11 is 5.87. The van der Waals surface area contributed by atoms with Crippen molar-refractivity contribution in [2.45, 2.75) is 13.5 Å². The van der Waals surface area contributed by atoms with Crippen molar-refractivity contribution < 1.29 is 10.0 Å². The van der Waals surface area contributed by atoms with Gasteiger partial charge in [-0.1, -0.05) is 11.6 Å². The molecule has 1 aromatic carbocycles. The molecule has 0 saturated heterocycles. The third kappa shape index (κ3) is 3.16. The van der Waals surface area contributed by atoms with Crippen LogP contribution in [0, 0.1) is 17.0 Å². The van der Waals surface area contributed by atoms with Crippen LogP contribution in [0.2, 0.25) is 5.02 Å². The molecule has 0 aliphatic carbocycles. The van der Waals surface area contributed by atoms with Gasteiger partial charge in [0.1, 0.15) is 10.8 Å². The van der Waals surface area contributed by atoms with Gasteiger partial charge in [0.2, 0.25) is 0 Å². The van der Waals surface area contributed by atoms with Crippen LogP contribution in [0.5, 0.6) is 5.75 Å². The number of nitrogens with one attached hydrogen (secondary N) is 1. The van der Waals surface area contributed by atoms with Gasteiger partial charge in [0.05, 0.1) is 23.4 Å². The lowest BCUT2D eigenvalue weighted by Crippen LogP contribution is -2.03. The van der Waals surface area contributed by atoms with E-state index in [0.717, 1.165) is 11.3 Å². The number of halogens is 1. The zero-order valence-corrected chi connectivity index (χ0v) is 11.4. The molecule has 0 bridgehead atoms. The summed E-state index contributed by atoms with van der Waals surface area (Å²) in [4.78, 5) is 14.3. The first-order valence-electron chi connectivity index (χ1n) is 5.79. The van der Waals surface area contributed by atoms with E-state index in [2.05, 4.69) is 10.3 Å². The number of pyridine rings is 1. The molecule has 2 aromatic rings. The molecule has 0 unspecified atom stereocenters. The number of aromatic hydroxyl groups is 1. The lowest BCUT2D eigenvalue weighted by molar-refractivity contribution is -0.384. The van der Waals surface area contributed by atoms with Crippen LogP contribution in [-0.2, 0) is 6.54 Å². The molecule has 7 heteroatoms. The average Bonchev–Trinajstić information content (AvgIpc) is 2.41. The van der Waals surface area contributed by atoms with Gasteiger partial charge in [0, 0.05) is 11.8 Å². The van der Waals surface area contributed by atoms with Gasteiger partial charge in [-0.2, -0.15) is 0 Å². The number of nitro benzene ring substituents is 1. The van der Waals surface area contributed by atoms with Gasteiger partial charge in [-0.15, -0.1) is 0 Å². The fourth-order valence-electron chi connectivity index (χ4n) is 1.70. The number of hydrogen-bond donors (Lipinski definition) is 2. The van der Waals surface area contributed by atoms with Gasteiger partial charge in [-0.05, 0) is 30.7 Å². The molecule has 0 amide bonds. The second kappa shape index (κ2) is 5.75. The molecule has 2 N–H and O–H groups in total. The minimum Gasteiger partial charge on any atom is -0.506 e. The van der Waals surface area contributed by atoms with E-state index in [1.54, 1.807) is 19.1 Å². The normalized spacial score (nSPS) is 10.3. The van der Waals surface area contributed by atoms with Gasteiger partial charge in [0.25, 0.3) is 5.69 Å². The van der Waals surface area contributed by atoms with Crippen LogP contribution in [0.1, 0.15) is 11.3 Å². The highest BCUT2D eigenvalue weighted by Crippen LogP contribution is 2.30. The third-order valence-corrected chi connectivity index (χ3v) is 3.06. The van der Waals surface area contributed by atoms with Crippen LogP contribution >= 0.6 is 11.6 Å². The summed E-state index contributed by atoms with van der Waals surface area (Å²) in [7, 11) is 0. The first-order chi connectivity index (χ1) is 9.47. The largest absolute Gasteiger partial charge is 0.506 e. The zero-order valence-electron chi connectivity index (χ0n) is 10.6. The number of rotatable bonds is 4. The fraction of sp³-hybridized carbons (Fsp3) is 0.154. The highest BCUT2D eigenvalue weighted by Gasteiger charge is 2.14. The average molecular weight is 294 g/mol. The number of anilines is 1. The maximum atomic E-state index is 10.8. The maximum absolute atomic E-state index is 10.8. The van der Waals surface area contributed by atoms with E-state index in [0.29, 0.717) is 12.2 Å². The van der Waals surface area contributed by atoms with Crippen LogP contribution in [-0.4, -0.2) is 15.0 Å². The quantitative estimate of drug-likeness (QED) is 0.667. The van der Waals surface area contributed by atoms with Crippen LogP contribution in [0.15, 0.2) is 30.5 Å². The molecule has 6 nitrogen and oxygen atoms in total. The smallest absolute Gasteiger partial charge is 0.288 e. The maximum Gasteiger partial charge on any atom is 0.288 e. The Balaban J connectivity index is 2.16. The molecule has 1 heterocycles. The summed E-state index contributed by atoms with van der Waals surface area (Å²) in [5.41, 5.74) is 2.05. The number of hydrogen-bond acceptors (Lipinski definition) is 5. The van der Waals surface area contributed by atoms with Crippen molar-refractivity contribution >= 4 is 23.0 Å². The van der Waals surface area contributed by atoms with Crippen molar-refractivity contribution in [3.63, 3.8) is 0 Å². The van der Waals surface area contributed by atoms with Gasteiger partial charge in [-0.25, -0.2) is 0 Å². The number of benzene rings is 1. The van der Waals surface area contributed by atoms with E-state index in [9.17, 15) is 10.1 Å². The van der Waals surface area contributed by atoms with Crippen LogP contribution < -0.4 is 5.32 Å². The van der Waals surface area contributed by atoms with E-state index in [4.69, 9.17) is 16.7 Å². The Labute approximate surface area is 120 Å². The van der Waals surface area contributed by atoms with E-state index in [1.165, 1.54) is 18.3 Å². The van der Waals surface area contributed by atoms with Gasteiger partial charge in [0.15, 0.2) is 0 Å². The van der Waals surface area contributed by atoms with E-state index in [1.807, 2.05) is 0 Å². The topological polar surface area (TPSA) is 88.3 Å². The van der Waals surface area contributed by atoms with Gasteiger partial charge >= 0.3 is 0 Å². The molecular weight excluding hydrogens is 282 g/mol. The van der Waals surface area contributed by atoms with Crippen molar-refractivity contribution in [2.75, 3.05) is 5.32 Å². The highest BCUT2D eigenvalue weighted by atomic mass is 35.5. The molecule has 0 aliphatic rings.